The fraction of sp³-hybridized carbons (Fsp3) is 0.500. The summed E-state index contributed by atoms with van der Waals surface area (Å²) >= 11 is 0. The lowest BCUT2D eigenvalue weighted by Gasteiger charge is -2.41. The zero-order valence-electron chi connectivity index (χ0n) is 19.0. The first-order valence-corrected chi connectivity index (χ1v) is 11.5. The van der Waals surface area contributed by atoms with E-state index in [0.717, 1.165) is 35.0 Å². The van der Waals surface area contributed by atoms with Crippen LogP contribution in [0.1, 0.15) is 31.7 Å². The van der Waals surface area contributed by atoms with Crippen molar-refractivity contribution >= 4 is 22.4 Å². The third-order valence-corrected chi connectivity index (χ3v) is 7.22. The molecule has 1 aromatic carbocycles. The number of piperazine rings is 1. The van der Waals surface area contributed by atoms with Crippen LogP contribution in [-0.4, -0.2) is 70.9 Å². The molecule has 1 saturated carbocycles. The number of nitrogens with zero attached hydrogens (tertiary/aromatic N) is 5. The smallest absolute Gasteiger partial charge is 0.142 e. The second-order valence-corrected chi connectivity index (χ2v) is 9.14. The summed E-state index contributed by atoms with van der Waals surface area (Å²) in [4.78, 5) is 9.46. The molecule has 4 N–H and O–H groups in total. The summed E-state index contributed by atoms with van der Waals surface area (Å²) in [5.74, 6) is 1.14. The maximum absolute atomic E-state index is 6.34. The number of hydrogen-bond donors (Lipinski definition) is 2. The number of nitrogens with two attached hydrogens (primary N) is 2. The van der Waals surface area contributed by atoms with Crippen LogP contribution in [0.15, 0.2) is 30.5 Å². The fourth-order valence-corrected chi connectivity index (χ4v) is 5.31. The second-order valence-electron chi connectivity index (χ2n) is 9.14. The molecule has 170 valence electrons. The van der Waals surface area contributed by atoms with Gasteiger partial charge in [0.05, 0.1) is 29.7 Å². The Balaban J connectivity index is 1.44. The molecule has 0 atom stereocenters. The predicted molar refractivity (Wildman–Crippen MR) is 129 cm³/mol. The molecule has 0 spiro atoms. The lowest BCUT2D eigenvalue weighted by molar-refractivity contribution is 0.0816. The van der Waals surface area contributed by atoms with Crippen LogP contribution in [0.3, 0.4) is 0 Å². The molecular formula is C24H33N7O. The van der Waals surface area contributed by atoms with Gasteiger partial charge in [-0.25, -0.2) is 4.98 Å². The van der Waals surface area contributed by atoms with E-state index in [1.807, 2.05) is 24.3 Å². The highest BCUT2D eigenvalue weighted by Gasteiger charge is 2.30. The highest BCUT2D eigenvalue weighted by molar-refractivity contribution is 6.00. The van der Waals surface area contributed by atoms with Gasteiger partial charge >= 0.3 is 0 Å². The highest BCUT2D eigenvalue weighted by atomic mass is 16.5. The summed E-state index contributed by atoms with van der Waals surface area (Å²) in [6, 6.07) is 8.84. The van der Waals surface area contributed by atoms with Gasteiger partial charge in [-0.15, -0.1) is 0 Å². The Morgan fingerprint density at radius 2 is 1.69 bits per heavy atom. The number of pyridine rings is 1. The summed E-state index contributed by atoms with van der Waals surface area (Å²) in [5.41, 5.74) is 15.8. The van der Waals surface area contributed by atoms with Gasteiger partial charge in [-0.3, -0.25) is 9.58 Å². The molecule has 1 aliphatic heterocycles. The van der Waals surface area contributed by atoms with E-state index in [0.29, 0.717) is 29.3 Å². The number of methoxy groups -OCH3 is 1. The number of rotatable bonds is 4. The van der Waals surface area contributed by atoms with E-state index in [4.69, 9.17) is 21.3 Å². The van der Waals surface area contributed by atoms with E-state index in [2.05, 4.69) is 26.5 Å². The first-order valence-electron chi connectivity index (χ1n) is 11.5. The lowest BCUT2D eigenvalue weighted by Crippen LogP contribution is -2.49. The van der Waals surface area contributed by atoms with Crippen LogP contribution < -0.4 is 16.2 Å². The van der Waals surface area contributed by atoms with Gasteiger partial charge in [0, 0.05) is 44.0 Å². The third-order valence-electron chi connectivity index (χ3n) is 7.22. The quantitative estimate of drug-likeness (QED) is 0.608. The van der Waals surface area contributed by atoms with Gasteiger partial charge in [-0.05, 0) is 50.9 Å². The van der Waals surface area contributed by atoms with Gasteiger partial charge < -0.3 is 21.1 Å². The molecule has 2 aliphatic rings. The topological polar surface area (TPSA) is 98.5 Å². The van der Waals surface area contributed by atoms with Gasteiger partial charge in [0.25, 0.3) is 0 Å². The SMILES string of the molecule is COc1cc(-c2nn(C3CCC(N4CCN(C)CC4)CC3)c3ccnc(N)c23)ccc1N. The maximum atomic E-state index is 6.34. The van der Waals surface area contributed by atoms with Crippen molar-refractivity contribution in [3.05, 3.63) is 30.5 Å². The van der Waals surface area contributed by atoms with Crippen LogP contribution in [0.2, 0.25) is 0 Å². The Labute approximate surface area is 189 Å². The van der Waals surface area contributed by atoms with Crippen LogP contribution in [0.5, 0.6) is 5.75 Å². The standard InChI is InChI=1S/C24H33N7O/c1-29-11-13-30(14-12-29)17-4-6-18(7-5-17)31-20-9-10-27-24(26)22(20)23(28-31)16-3-8-19(25)21(15-16)32-2/h3,8-10,15,17-18H,4-7,11-14,25H2,1-2H3,(H2,26,27). The minimum absolute atomic E-state index is 0.368. The van der Waals surface area contributed by atoms with Crippen LogP contribution in [0.25, 0.3) is 22.2 Å². The minimum atomic E-state index is 0.368. The molecule has 0 unspecified atom stereocenters. The molecule has 2 aromatic heterocycles. The number of fused-ring (bicyclic) bond motifs is 1. The summed E-state index contributed by atoms with van der Waals surface area (Å²) in [7, 11) is 3.84. The van der Waals surface area contributed by atoms with Gasteiger partial charge in [-0.1, -0.05) is 6.07 Å². The molecule has 0 radical (unpaired) electrons. The van der Waals surface area contributed by atoms with Crippen LogP contribution in [0.4, 0.5) is 11.5 Å². The maximum Gasteiger partial charge on any atom is 0.142 e. The van der Waals surface area contributed by atoms with Crippen LogP contribution in [-0.2, 0) is 0 Å². The molecule has 3 aromatic rings. The third kappa shape index (κ3) is 3.78. The van der Waals surface area contributed by atoms with E-state index < -0.39 is 0 Å². The van der Waals surface area contributed by atoms with E-state index >= 15 is 0 Å². The van der Waals surface area contributed by atoms with Gasteiger partial charge in [0.15, 0.2) is 0 Å². The first kappa shape index (κ1) is 21.0. The molecule has 8 nitrogen and oxygen atoms in total. The van der Waals surface area contributed by atoms with Crippen molar-refractivity contribution in [3.63, 3.8) is 0 Å². The fourth-order valence-electron chi connectivity index (χ4n) is 5.31. The molecule has 32 heavy (non-hydrogen) atoms. The highest BCUT2D eigenvalue weighted by Crippen LogP contribution is 2.39. The second kappa shape index (κ2) is 8.60. The first-order chi connectivity index (χ1) is 15.5. The number of ether oxygens (including phenoxy) is 1. The van der Waals surface area contributed by atoms with Crippen molar-refractivity contribution in [2.24, 2.45) is 0 Å². The summed E-state index contributed by atoms with van der Waals surface area (Å²) in [6.07, 6.45) is 6.45. The summed E-state index contributed by atoms with van der Waals surface area (Å²) in [6.45, 7) is 4.71. The Hall–Kier alpha value is -2.84. The zero-order chi connectivity index (χ0) is 22.2. The van der Waals surface area contributed by atoms with Crippen molar-refractivity contribution in [1.82, 2.24) is 24.6 Å². The normalized spacial score (nSPS) is 22.9. The van der Waals surface area contributed by atoms with Gasteiger partial charge in [0.2, 0.25) is 0 Å². The number of likely N-dealkylation sites (N-methyl/N-ethyl adjacent to an activating group) is 1. The number of benzene rings is 1. The van der Waals surface area contributed by atoms with Crippen molar-refractivity contribution in [1.29, 1.82) is 0 Å². The van der Waals surface area contributed by atoms with Gasteiger partial charge in [-0.2, -0.15) is 5.10 Å². The molecule has 1 saturated heterocycles. The number of anilines is 2. The molecule has 0 amide bonds. The van der Waals surface area contributed by atoms with Gasteiger partial charge in [0.1, 0.15) is 17.3 Å². The average molecular weight is 436 g/mol. The zero-order valence-corrected chi connectivity index (χ0v) is 19.0. The molecule has 3 heterocycles. The van der Waals surface area contributed by atoms with Crippen molar-refractivity contribution in [2.75, 3.05) is 51.8 Å². The van der Waals surface area contributed by atoms with E-state index in [1.54, 1.807) is 13.3 Å². The van der Waals surface area contributed by atoms with Crippen molar-refractivity contribution in [3.8, 4) is 17.0 Å². The van der Waals surface area contributed by atoms with Crippen molar-refractivity contribution in [2.45, 2.75) is 37.8 Å². The Morgan fingerprint density at radius 3 is 2.41 bits per heavy atom. The molecule has 8 heteroatoms. The van der Waals surface area contributed by atoms with E-state index in [9.17, 15) is 0 Å². The summed E-state index contributed by atoms with van der Waals surface area (Å²) < 4.78 is 7.62. The Kier molecular flexibility index (Phi) is 5.65. The Morgan fingerprint density at radius 1 is 0.969 bits per heavy atom. The van der Waals surface area contributed by atoms with E-state index in [1.165, 1.54) is 39.0 Å². The monoisotopic (exact) mass is 435 g/mol. The number of nitrogen functional groups attached to an aromatic ring is 2. The van der Waals surface area contributed by atoms with Crippen molar-refractivity contribution < 1.29 is 4.74 Å². The lowest BCUT2D eigenvalue weighted by atomic mass is 9.89. The Bertz CT molecular complexity index is 1100. The molecule has 0 bridgehead atoms. The molecule has 1 aliphatic carbocycles. The number of aromatic nitrogens is 3. The average Bonchev–Trinajstić information content (AvgIpc) is 3.21. The summed E-state index contributed by atoms with van der Waals surface area (Å²) in [5, 5.41) is 5.98. The molecule has 5 rings (SSSR count). The molecule has 2 fully saturated rings. The number of hydrogen-bond acceptors (Lipinski definition) is 7. The van der Waals surface area contributed by atoms with Crippen LogP contribution >= 0.6 is 0 Å². The van der Waals surface area contributed by atoms with E-state index in [-0.39, 0.29) is 0 Å². The largest absolute Gasteiger partial charge is 0.495 e. The minimum Gasteiger partial charge on any atom is -0.495 e. The van der Waals surface area contributed by atoms with Crippen LogP contribution in [0, 0.1) is 0 Å². The predicted octanol–water partition coefficient (Wildman–Crippen LogP) is 3.00. The molecular weight excluding hydrogens is 402 g/mol.